The highest BCUT2D eigenvalue weighted by molar-refractivity contribution is 7.99. The van der Waals surface area contributed by atoms with E-state index in [1.165, 1.54) is 5.56 Å². The van der Waals surface area contributed by atoms with Crippen LogP contribution in [0.4, 0.5) is 0 Å². The molecule has 0 aromatic heterocycles. The number of nitrogens with two attached hydrogens (primary N) is 1. The van der Waals surface area contributed by atoms with E-state index in [2.05, 4.69) is 50.3 Å². The second kappa shape index (κ2) is 5.99. The van der Waals surface area contributed by atoms with Crippen molar-refractivity contribution in [3.63, 3.8) is 0 Å². The molecule has 0 aliphatic heterocycles. The standard InChI is InChI=1S/C13H19NS/c1-13(2,14)11-15-10-6-9-12-7-4-3-5-8-12/h3-9H,10-11,14H2,1-2H3. The van der Waals surface area contributed by atoms with Gasteiger partial charge in [0.05, 0.1) is 0 Å². The van der Waals surface area contributed by atoms with E-state index in [1.54, 1.807) is 0 Å². The Hall–Kier alpha value is -0.730. The summed E-state index contributed by atoms with van der Waals surface area (Å²) >= 11 is 1.87. The van der Waals surface area contributed by atoms with Gasteiger partial charge in [0.15, 0.2) is 0 Å². The molecule has 0 radical (unpaired) electrons. The maximum atomic E-state index is 5.88. The van der Waals surface area contributed by atoms with Gasteiger partial charge in [-0.3, -0.25) is 0 Å². The molecule has 1 aromatic carbocycles. The fourth-order valence-electron chi connectivity index (χ4n) is 1.14. The SMILES string of the molecule is CC(C)(N)CSCC=Cc1ccccc1. The number of thioether (sulfide) groups is 1. The summed E-state index contributed by atoms with van der Waals surface area (Å²) in [4.78, 5) is 0. The predicted octanol–water partition coefficient (Wildman–Crippen LogP) is 3.17. The first-order valence-corrected chi connectivity index (χ1v) is 6.32. The van der Waals surface area contributed by atoms with Gasteiger partial charge >= 0.3 is 0 Å². The molecular formula is C13H19NS. The van der Waals surface area contributed by atoms with Gasteiger partial charge in [-0.15, -0.1) is 0 Å². The first-order valence-electron chi connectivity index (χ1n) is 5.16. The third-order valence-corrected chi connectivity index (χ3v) is 3.17. The molecule has 82 valence electrons. The zero-order valence-electron chi connectivity index (χ0n) is 9.44. The van der Waals surface area contributed by atoms with Crippen LogP contribution in [0.15, 0.2) is 36.4 Å². The molecule has 2 heteroatoms. The van der Waals surface area contributed by atoms with Crippen molar-refractivity contribution >= 4 is 17.8 Å². The van der Waals surface area contributed by atoms with Gasteiger partial charge in [-0.1, -0.05) is 42.5 Å². The zero-order valence-corrected chi connectivity index (χ0v) is 10.3. The first kappa shape index (κ1) is 12.3. The Morgan fingerprint density at radius 1 is 1.27 bits per heavy atom. The maximum absolute atomic E-state index is 5.88. The summed E-state index contributed by atoms with van der Waals surface area (Å²) in [6.07, 6.45) is 4.34. The first-order chi connectivity index (χ1) is 7.08. The summed E-state index contributed by atoms with van der Waals surface area (Å²) in [5.41, 5.74) is 7.07. The molecule has 2 N–H and O–H groups in total. The quantitative estimate of drug-likeness (QED) is 0.773. The van der Waals surface area contributed by atoms with E-state index >= 15 is 0 Å². The second-order valence-electron chi connectivity index (χ2n) is 4.32. The lowest BCUT2D eigenvalue weighted by Gasteiger charge is -2.16. The fraction of sp³-hybridized carbons (Fsp3) is 0.385. The molecule has 0 atom stereocenters. The minimum absolute atomic E-state index is 0.0642. The van der Waals surface area contributed by atoms with Crippen molar-refractivity contribution in [2.75, 3.05) is 11.5 Å². The van der Waals surface area contributed by atoms with Gasteiger partial charge < -0.3 is 5.73 Å². The summed E-state index contributed by atoms with van der Waals surface area (Å²) in [6.45, 7) is 4.11. The molecule has 0 unspecified atom stereocenters. The average molecular weight is 221 g/mol. The molecule has 0 saturated heterocycles. The molecule has 0 heterocycles. The predicted molar refractivity (Wildman–Crippen MR) is 71.1 cm³/mol. The lowest BCUT2D eigenvalue weighted by atomic mass is 10.1. The summed E-state index contributed by atoms with van der Waals surface area (Å²) in [5.74, 6) is 2.02. The molecule has 0 aliphatic carbocycles. The van der Waals surface area contributed by atoms with Crippen LogP contribution in [-0.4, -0.2) is 17.0 Å². The van der Waals surface area contributed by atoms with Crippen molar-refractivity contribution in [1.82, 2.24) is 0 Å². The van der Waals surface area contributed by atoms with Gasteiger partial charge in [-0.25, -0.2) is 0 Å². The monoisotopic (exact) mass is 221 g/mol. The highest BCUT2D eigenvalue weighted by Gasteiger charge is 2.08. The van der Waals surface area contributed by atoms with Gasteiger partial charge in [0.1, 0.15) is 0 Å². The van der Waals surface area contributed by atoms with Crippen LogP contribution in [0.5, 0.6) is 0 Å². The minimum Gasteiger partial charge on any atom is -0.325 e. The van der Waals surface area contributed by atoms with Crippen LogP contribution in [0.1, 0.15) is 19.4 Å². The topological polar surface area (TPSA) is 26.0 Å². The van der Waals surface area contributed by atoms with Crippen molar-refractivity contribution in [2.24, 2.45) is 5.73 Å². The van der Waals surface area contributed by atoms with E-state index in [-0.39, 0.29) is 5.54 Å². The van der Waals surface area contributed by atoms with Crippen LogP contribution in [0, 0.1) is 0 Å². The van der Waals surface area contributed by atoms with Gasteiger partial charge in [0.2, 0.25) is 0 Å². The van der Waals surface area contributed by atoms with Crippen molar-refractivity contribution in [3.05, 3.63) is 42.0 Å². The number of hydrogen-bond acceptors (Lipinski definition) is 2. The summed E-state index contributed by atoms with van der Waals surface area (Å²) in [7, 11) is 0. The van der Waals surface area contributed by atoms with Crippen molar-refractivity contribution < 1.29 is 0 Å². The molecule has 1 aromatic rings. The summed E-state index contributed by atoms with van der Waals surface area (Å²) in [6, 6.07) is 10.3. The van der Waals surface area contributed by atoms with E-state index < -0.39 is 0 Å². The molecule has 15 heavy (non-hydrogen) atoms. The summed E-state index contributed by atoms with van der Waals surface area (Å²) < 4.78 is 0. The zero-order chi connectivity index (χ0) is 11.1. The fourth-order valence-corrected chi connectivity index (χ4v) is 2.01. The normalized spacial score (nSPS) is 12.2. The van der Waals surface area contributed by atoms with E-state index in [0.29, 0.717) is 0 Å². The minimum atomic E-state index is -0.0642. The van der Waals surface area contributed by atoms with Crippen LogP contribution in [0.2, 0.25) is 0 Å². The number of rotatable bonds is 5. The molecule has 1 rings (SSSR count). The van der Waals surface area contributed by atoms with Crippen LogP contribution >= 0.6 is 11.8 Å². The molecule has 0 bridgehead atoms. The molecule has 0 saturated carbocycles. The lowest BCUT2D eigenvalue weighted by molar-refractivity contribution is 0.591. The second-order valence-corrected chi connectivity index (χ2v) is 5.35. The van der Waals surface area contributed by atoms with Crippen molar-refractivity contribution in [2.45, 2.75) is 19.4 Å². The Labute approximate surface area is 96.8 Å². The lowest BCUT2D eigenvalue weighted by Crippen LogP contribution is -2.34. The van der Waals surface area contributed by atoms with Crippen LogP contribution in [0.3, 0.4) is 0 Å². The Bertz CT molecular complexity index is 298. The highest BCUT2D eigenvalue weighted by Crippen LogP contribution is 2.10. The van der Waals surface area contributed by atoms with Gasteiger partial charge in [0, 0.05) is 17.0 Å². The maximum Gasteiger partial charge on any atom is 0.0188 e. The van der Waals surface area contributed by atoms with Gasteiger partial charge in [0.25, 0.3) is 0 Å². The highest BCUT2D eigenvalue weighted by atomic mass is 32.2. The van der Waals surface area contributed by atoms with E-state index in [4.69, 9.17) is 5.73 Å². The van der Waals surface area contributed by atoms with Crippen molar-refractivity contribution in [3.8, 4) is 0 Å². The van der Waals surface area contributed by atoms with Crippen molar-refractivity contribution in [1.29, 1.82) is 0 Å². The van der Waals surface area contributed by atoms with E-state index in [1.807, 2.05) is 17.8 Å². The Balaban J connectivity index is 2.24. The van der Waals surface area contributed by atoms with Crippen LogP contribution in [-0.2, 0) is 0 Å². The number of hydrogen-bond donors (Lipinski definition) is 1. The average Bonchev–Trinajstić information content (AvgIpc) is 2.17. The smallest absolute Gasteiger partial charge is 0.0188 e. The Morgan fingerprint density at radius 3 is 2.53 bits per heavy atom. The van der Waals surface area contributed by atoms with E-state index in [9.17, 15) is 0 Å². The number of benzene rings is 1. The molecule has 0 fully saturated rings. The van der Waals surface area contributed by atoms with Gasteiger partial charge in [-0.2, -0.15) is 11.8 Å². The third kappa shape index (κ3) is 6.37. The van der Waals surface area contributed by atoms with Crippen LogP contribution < -0.4 is 5.73 Å². The van der Waals surface area contributed by atoms with Crippen LogP contribution in [0.25, 0.3) is 6.08 Å². The van der Waals surface area contributed by atoms with E-state index in [0.717, 1.165) is 11.5 Å². The Morgan fingerprint density at radius 2 is 1.93 bits per heavy atom. The Kier molecular flexibility index (Phi) is 4.92. The molecule has 0 aliphatic rings. The molecule has 0 amide bonds. The molecule has 0 spiro atoms. The largest absolute Gasteiger partial charge is 0.325 e. The third-order valence-electron chi connectivity index (χ3n) is 1.80. The molecule has 1 nitrogen and oxygen atoms in total. The van der Waals surface area contributed by atoms with Gasteiger partial charge in [-0.05, 0) is 19.4 Å². The summed E-state index contributed by atoms with van der Waals surface area (Å²) in [5, 5.41) is 0. The molecular weight excluding hydrogens is 202 g/mol.